The first-order chi connectivity index (χ1) is 11.4. The highest BCUT2D eigenvalue weighted by atomic mass is 16.6. The molecule has 1 saturated heterocycles. The fourth-order valence-corrected chi connectivity index (χ4v) is 2.76. The highest BCUT2D eigenvalue weighted by Gasteiger charge is 2.29. The molecule has 0 amide bonds. The van der Waals surface area contributed by atoms with E-state index < -0.39 is 0 Å². The average molecular weight is 312 g/mol. The van der Waals surface area contributed by atoms with Crippen molar-refractivity contribution in [2.45, 2.75) is 24.9 Å². The van der Waals surface area contributed by atoms with Gasteiger partial charge in [0.1, 0.15) is 0 Å². The summed E-state index contributed by atoms with van der Waals surface area (Å²) in [6.07, 6.45) is 7.99. The Labute approximate surface area is 135 Å². The molecule has 2 fully saturated rings. The van der Waals surface area contributed by atoms with Gasteiger partial charge in [0, 0.05) is 36.6 Å². The van der Waals surface area contributed by atoms with Gasteiger partial charge >= 0.3 is 0 Å². The molecule has 6 nitrogen and oxygen atoms in total. The maximum Gasteiger partial charge on any atom is 0.222 e. The van der Waals surface area contributed by atoms with Crippen LogP contribution in [0, 0.1) is 0 Å². The lowest BCUT2D eigenvalue weighted by atomic mass is 10.0. The van der Waals surface area contributed by atoms with Crippen molar-refractivity contribution in [1.29, 1.82) is 0 Å². The molecule has 120 valence electrons. The Bertz CT molecular complexity index is 655. The van der Waals surface area contributed by atoms with Gasteiger partial charge in [-0.3, -0.25) is 4.98 Å². The van der Waals surface area contributed by atoms with Gasteiger partial charge in [0.05, 0.1) is 31.6 Å². The average Bonchev–Trinajstić information content (AvgIpc) is 3.46. The molecule has 0 spiro atoms. The molecule has 1 aliphatic carbocycles. The number of rotatable bonds is 5. The molecule has 2 aromatic rings. The van der Waals surface area contributed by atoms with E-state index in [0.29, 0.717) is 38.2 Å². The van der Waals surface area contributed by atoms with Crippen molar-refractivity contribution < 1.29 is 9.47 Å². The van der Waals surface area contributed by atoms with Crippen LogP contribution in [-0.4, -0.2) is 47.4 Å². The van der Waals surface area contributed by atoms with Gasteiger partial charge in [0.25, 0.3) is 0 Å². The summed E-state index contributed by atoms with van der Waals surface area (Å²) in [5.41, 5.74) is 3.37. The van der Waals surface area contributed by atoms with Crippen molar-refractivity contribution in [3.63, 3.8) is 0 Å². The Morgan fingerprint density at radius 2 is 2.04 bits per heavy atom. The summed E-state index contributed by atoms with van der Waals surface area (Å²) in [7, 11) is 0. The van der Waals surface area contributed by atoms with E-state index in [4.69, 9.17) is 14.5 Å². The molecule has 2 aliphatic rings. The van der Waals surface area contributed by atoms with Crippen molar-refractivity contribution in [2.24, 2.45) is 0 Å². The molecule has 0 unspecified atom stereocenters. The Balaban J connectivity index is 1.52. The van der Waals surface area contributed by atoms with E-state index in [1.165, 1.54) is 12.8 Å². The summed E-state index contributed by atoms with van der Waals surface area (Å²) in [5.74, 6) is 1.22. The largest absolute Gasteiger partial charge is 0.376 e. The second-order valence-corrected chi connectivity index (χ2v) is 5.95. The molecule has 23 heavy (non-hydrogen) atoms. The second kappa shape index (κ2) is 6.60. The van der Waals surface area contributed by atoms with Crippen LogP contribution in [0.15, 0.2) is 30.7 Å². The van der Waals surface area contributed by atoms with Crippen LogP contribution in [0.5, 0.6) is 0 Å². The lowest BCUT2D eigenvalue weighted by Gasteiger charge is -2.23. The van der Waals surface area contributed by atoms with Crippen LogP contribution in [0.3, 0.4) is 0 Å². The van der Waals surface area contributed by atoms with E-state index in [9.17, 15) is 0 Å². The monoisotopic (exact) mass is 312 g/mol. The first-order valence-electron chi connectivity index (χ1n) is 8.11. The number of anilines is 1. The van der Waals surface area contributed by atoms with Gasteiger partial charge in [-0.1, -0.05) is 0 Å². The Morgan fingerprint density at radius 1 is 1.17 bits per heavy atom. The molecule has 0 bridgehead atoms. The summed E-state index contributed by atoms with van der Waals surface area (Å²) in [6.45, 7) is 2.62. The number of ether oxygens (including phenoxy) is 2. The van der Waals surface area contributed by atoms with E-state index in [1.54, 1.807) is 12.4 Å². The smallest absolute Gasteiger partial charge is 0.222 e. The molecule has 0 radical (unpaired) electrons. The van der Waals surface area contributed by atoms with E-state index in [-0.39, 0.29) is 6.10 Å². The molecule has 3 heterocycles. The molecule has 1 aliphatic heterocycles. The summed E-state index contributed by atoms with van der Waals surface area (Å²) in [6, 6.07) is 4.01. The highest BCUT2D eigenvalue weighted by molar-refractivity contribution is 5.66. The quantitative estimate of drug-likeness (QED) is 0.913. The lowest BCUT2D eigenvalue weighted by molar-refractivity contribution is -0.0819. The number of hydrogen-bond acceptors (Lipinski definition) is 6. The zero-order valence-electron chi connectivity index (χ0n) is 12.9. The third-order valence-electron chi connectivity index (χ3n) is 4.15. The van der Waals surface area contributed by atoms with Crippen LogP contribution in [0.4, 0.5) is 5.95 Å². The number of pyridine rings is 1. The summed E-state index contributed by atoms with van der Waals surface area (Å²) in [5, 5.41) is 3.28. The van der Waals surface area contributed by atoms with Crippen molar-refractivity contribution in [3.05, 3.63) is 36.4 Å². The first kappa shape index (κ1) is 14.5. The molecule has 4 rings (SSSR count). The fourth-order valence-electron chi connectivity index (χ4n) is 2.76. The summed E-state index contributed by atoms with van der Waals surface area (Å²) in [4.78, 5) is 13.3. The van der Waals surface area contributed by atoms with Gasteiger partial charge in [-0.25, -0.2) is 9.97 Å². The van der Waals surface area contributed by atoms with Gasteiger partial charge in [-0.2, -0.15) is 0 Å². The van der Waals surface area contributed by atoms with Crippen molar-refractivity contribution >= 4 is 5.95 Å². The van der Waals surface area contributed by atoms with Crippen LogP contribution >= 0.6 is 0 Å². The topological polar surface area (TPSA) is 69.2 Å². The minimum Gasteiger partial charge on any atom is -0.376 e. The molecule has 1 N–H and O–H groups in total. The first-order valence-corrected chi connectivity index (χ1v) is 8.11. The van der Waals surface area contributed by atoms with E-state index >= 15 is 0 Å². The standard InChI is InChI=1S/C17H20N4O2/c1-2-13(1)16-15(12-3-5-18-6-4-12)10-20-17(21-16)19-9-14-11-22-7-8-23-14/h3-6,10,13-14H,1-2,7-9,11H2,(H,19,20,21)/t14-/m1/s1. The molecular formula is C17H20N4O2. The maximum absolute atomic E-state index is 5.63. The molecule has 1 atom stereocenters. The molecular weight excluding hydrogens is 292 g/mol. The van der Waals surface area contributed by atoms with Gasteiger partial charge in [-0.15, -0.1) is 0 Å². The fraction of sp³-hybridized carbons (Fsp3) is 0.471. The Hall–Kier alpha value is -2.05. The third kappa shape index (κ3) is 3.48. The Morgan fingerprint density at radius 3 is 2.78 bits per heavy atom. The SMILES string of the molecule is c1cc(-c2cnc(NC[C@@H]3COCCO3)nc2C2CC2)ccn1. The van der Waals surface area contributed by atoms with Crippen LogP contribution in [0.1, 0.15) is 24.5 Å². The zero-order chi connectivity index (χ0) is 15.5. The van der Waals surface area contributed by atoms with Gasteiger partial charge in [0.2, 0.25) is 5.95 Å². The number of aromatic nitrogens is 3. The third-order valence-corrected chi connectivity index (χ3v) is 4.15. The van der Waals surface area contributed by atoms with Crippen LogP contribution < -0.4 is 5.32 Å². The molecule has 1 saturated carbocycles. The second-order valence-electron chi connectivity index (χ2n) is 5.95. The number of nitrogens with one attached hydrogen (secondary N) is 1. The minimum absolute atomic E-state index is 0.0663. The highest BCUT2D eigenvalue weighted by Crippen LogP contribution is 2.43. The summed E-state index contributed by atoms with van der Waals surface area (Å²) < 4.78 is 11.0. The molecule has 2 aromatic heterocycles. The van der Waals surface area contributed by atoms with Crippen LogP contribution in [0.2, 0.25) is 0 Å². The maximum atomic E-state index is 5.63. The normalized spacial score (nSPS) is 21.1. The van der Waals surface area contributed by atoms with E-state index in [2.05, 4.69) is 15.3 Å². The predicted octanol–water partition coefficient (Wildman–Crippen LogP) is 2.24. The van der Waals surface area contributed by atoms with Crippen molar-refractivity contribution in [1.82, 2.24) is 15.0 Å². The summed E-state index contributed by atoms with van der Waals surface area (Å²) >= 11 is 0. The molecule has 6 heteroatoms. The molecule has 0 aromatic carbocycles. The number of hydrogen-bond donors (Lipinski definition) is 1. The van der Waals surface area contributed by atoms with E-state index in [0.717, 1.165) is 16.8 Å². The van der Waals surface area contributed by atoms with Crippen LogP contribution in [-0.2, 0) is 9.47 Å². The minimum atomic E-state index is 0.0663. The Kier molecular flexibility index (Phi) is 4.17. The van der Waals surface area contributed by atoms with Crippen molar-refractivity contribution in [3.8, 4) is 11.1 Å². The predicted molar refractivity (Wildman–Crippen MR) is 86.3 cm³/mol. The van der Waals surface area contributed by atoms with Crippen molar-refractivity contribution in [2.75, 3.05) is 31.7 Å². The van der Waals surface area contributed by atoms with E-state index in [1.807, 2.05) is 18.3 Å². The van der Waals surface area contributed by atoms with Gasteiger partial charge < -0.3 is 14.8 Å². The van der Waals surface area contributed by atoms with Gasteiger partial charge in [-0.05, 0) is 30.5 Å². The zero-order valence-corrected chi connectivity index (χ0v) is 12.9. The number of nitrogens with zero attached hydrogens (tertiary/aromatic N) is 3. The van der Waals surface area contributed by atoms with Gasteiger partial charge in [0.15, 0.2) is 0 Å². The van der Waals surface area contributed by atoms with Crippen LogP contribution in [0.25, 0.3) is 11.1 Å². The lowest BCUT2D eigenvalue weighted by Crippen LogP contribution is -2.34.